The molecule has 0 fully saturated rings. The molecule has 2 N–H and O–H groups in total. The molecule has 8 nitrogen and oxygen atoms in total. The highest BCUT2D eigenvalue weighted by atomic mass is 35.5. The summed E-state index contributed by atoms with van der Waals surface area (Å²) in [4.78, 5) is 24.4. The third-order valence-electron chi connectivity index (χ3n) is 4.82. The van der Waals surface area contributed by atoms with Gasteiger partial charge in [-0.25, -0.2) is 9.97 Å². The maximum Gasteiger partial charge on any atom is 0.246 e. The van der Waals surface area contributed by atoms with Crippen molar-refractivity contribution in [1.82, 2.24) is 20.3 Å². The van der Waals surface area contributed by atoms with E-state index in [1.54, 1.807) is 18.3 Å². The highest BCUT2D eigenvalue weighted by molar-refractivity contribution is 6.32. The monoisotopic (exact) mass is 487 g/mol. The molecule has 2 heterocycles. The average molecular weight is 488 g/mol. The van der Waals surface area contributed by atoms with E-state index in [-0.39, 0.29) is 19.1 Å². The first-order valence-corrected chi connectivity index (χ1v) is 11.1. The van der Waals surface area contributed by atoms with Crippen molar-refractivity contribution < 1.29 is 14.3 Å². The quantitative estimate of drug-likeness (QED) is 0.366. The largest absolute Gasteiger partial charge is 0.454 e. The van der Waals surface area contributed by atoms with Gasteiger partial charge in [-0.15, -0.1) is 0 Å². The number of fused-ring (bicyclic) bond motifs is 1. The number of rotatable bonds is 7. The van der Waals surface area contributed by atoms with Crippen LogP contribution in [0.4, 0.5) is 11.5 Å². The SMILES string of the molecule is COCC(=O)NCC#Cc1ccc2ncnc(Nc3ccc(Oc4ccc(C)nc4)c(Cl)c3)c2c1. The van der Waals surface area contributed by atoms with Gasteiger partial charge in [0.15, 0.2) is 0 Å². The van der Waals surface area contributed by atoms with E-state index in [1.807, 2.05) is 43.3 Å². The Morgan fingerprint density at radius 3 is 2.74 bits per heavy atom. The van der Waals surface area contributed by atoms with E-state index in [2.05, 4.69) is 37.4 Å². The number of hydrogen-bond donors (Lipinski definition) is 2. The lowest BCUT2D eigenvalue weighted by Crippen LogP contribution is -2.27. The van der Waals surface area contributed by atoms with Gasteiger partial charge in [-0.05, 0) is 55.5 Å². The van der Waals surface area contributed by atoms with Gasteiger partial charge in [0.05, 0.1) is 23.3 Å². The molecule has 0 aliphatic carbocycles. The molecule has 2 aromatic carbocycles. The number of hydrogen-bond acceptors (Lipinski definition) is 7. The number of benzene rings is 2. The number of amides is 1. The summed E-state index contributed by atoms with van der Waals surface area (Å²) >= 11 is 6.46. The lowest BCUT2D eigenvalue weighted by atomic mass is 10.1. The van der Waals surface area contributed by atoms with Gasteiger partial charge in [0.25, 0.3) is 0 Å². The van der Waals surface area contributed by atoms with E-state index in [1.165, 1.54) is 13.4 Å². The number of pyridine rings is 1. The second kappa shape index (κ2) is 11.3. The Morgan fingerprint density at radius 1 is 1.09 bits per heavy atom. The van der Waals surface area contributed by atoms with Gasteiger partial charge >= 0.3 is 0 Å². The lowest BCUT2D eigenvalue weighted by Gasteiger charge is -2.11. The highest BCUT2D eigenvalue weighted by Gasteiger charge is 2.09. The molecule has 0 aliphatic heterocycles. The van der Waals surface area contributed by atoms with Crippen molar-refractivity contribution in [2.75, 3.05) is 25.6 Å². The van der Waals surface area contributed by atoms with E-state index in [9.17, 15) is 4.79 Å². The predicted molar refractivity (Wildman–Crippen MR) is 135 cm³/mol. The Bertz CT molecular complexity index is 1410. The third kappa shape index (κ3) is 6.44. The molecule has 0 saturated carbocycles. The zero-order chi connectivity index (χ0) is 24.6. The summed E-state index contributed by atoms with van der Waals surface area (Å²) in [5, 5.41) is 7.19. The number of halogens is 1. The topological polar surface area (TPSA) is 98.3 Å². The zero-order valence-electron chi connectivity index (χ0n) is 19.1. The van der Waals surface area contributed by atoms with Crippen molar-refractivity contribution in [1.29, 1.82) is 0 Å². The molecule has 0 unspecified atom stereocenters. The number of ether oxygens (including phenoxy) is 2. The van der Waals surface area contributed by atoms with Gasteiger partial charge in [0.1, 0.15) is 30.3 Å². The predicted octanol–water partition coefficient (Wildman–Crippen LogP) is 4.64. The smallest absolute Gasteiger partial charge is 0.246 e. The molecule has 176 valence electrons. The summed E-state index contributed by atoms with van der Waals surface area (Å²) in [6.07, 6.45) is 3.14. The van der Waals surface area contributed by atoms with Crippen LogP contribution in [0.3, 0.4) is 0 Å². The molecule has 4 rings (SSSR count). The Balaban J connectivity index is 1.50. The van der Waals surface area contributed by atoms with E-state index in [0.29, 0.717) is 22.3 Å². The van der Waals surface area contributed by atoms with Crippen LogP contribution in [0, 0.1) is 18.8 Å². The Morgan fingerprint density at radius 2 is 1.97 bits per heavy atom. The first kappa shape index (κ1) is 24.0. The summed E-state index contributed by atoms with van der Waals surface area (Å²) < 4.78 is 10.6. The molecule has 0 spiro atoms. The maximum absolute atomic E-state index is 11.4. The normalized spacial score (nSPS) is 10.4. The summed E-state index contributed by atoms with van der Waals surface area (Å²) in [7, 11) is 1.47. The number of nitrogens with one attached hydrogen (secondary N) is 2. The molecule has 0 bridgehead atoms. The van der Waals surface area contributed by atoms with E-state index in [4.69, 9.17) is 21.1 Å². The van der Waals surface area contributed by atoms with Crippen LogP contribution >= 0.6 is 11.6 Å². The number of anilines is 2. The lowest BCUT2D eigenvalue weighted by molar-refractivity contribution is -0.124. The Labute approximate surface area is 207 Å². The van der Waals surface area contributed by atoms with Crippen molar-refractivity contribution in [3.05, 3.63) is 77.3 Å². The fourth-order valence-electron chi connectivity index (χ4n) is 3.14. The molecule has 4 aromatic rings. The molecule has 35 heavy (non-hydrogen) atoms. The van der Waals surface area contributed by atoms with Crippen LogP contribution in [0.2, 0.25) is 5.02 Å². The van der Waals surface area contributed by atoms with Crippen LogP contribution < -0.4 is 15.4 Å². The minimum absolute atomic E-state index is 0.00427. The molecule has 2 aromatic heterocycles. The first-order chi connectivity index (χ1) is 17.0. The number of carbonyl (C=O) groups is 1. The van der Waals surface area contributed by atoms with Crippen molar-refractivity contribution in [2.45, 2.75) is 6.92 Å². The number of carbonyl (C=O) groups excluding carboxylic acids is 1. The molecular formula is C26H22ClN5O3. The molecule has 9 heteroatoms. The number of aromatic nitrogens is 3. The van der Waals surface area contributed by atoms with Crippen LogP contribution in [0.15, 0.2) is 61.1 Å². The van der Waals surface area contributed by atoms with E-state index < -0.39 is 0 Å². The van der Waals surface area contributed by atoms with Gasteiger partial charge in [0, 0.05) is 29.4 Å². The van der Waals surface area contributed by atoms with Crippen molar-refractivity contribution >= 4 is 39.9 Å². The molecular weight excluding hydrogens is 466 g/mol. The fourth-order valence-corrected chi connectivity index (χ4v) is 3.36. The van der Waals surface area contributed by atoms with Gasteiger partial charge < -0.3 is 20.1 Å². The minimum atomic E-state index is -0.217. The van der Waals surface area contributed by atoms with E-state index in [0.717, 1.165) is 27.8 Å². The van der Waals surface area contributed by atoms with Gasteiger partial charge in [-0.3, -0.25) is 9.78 Å². The van der Waals surface area contributed by atoms with Gasteiger partial charge in [-0.2, -0.15) is 0 Å². The average Bonchev–Trinajstić information content (AvgIpc) is 2.85. The highest BCUT2D eigenvalue weighted by Crippen LogP contribution is 2.33. The molecule has 0 aliphatic rings. The third-order valence-corrected chi connectivity index (χ3v) is 5.12. The van der Waals surface area contributed by atoms with Crippen LogP contribution in [-0.2, 0) is 9.53 Å². The summed E-state index contributed by atoms with van der Waals surface area (Å²) in [6, 6.07) is 14.7. The standard InChI is InChI=1S/C26H22ClN5O3/c1-17-5-8-20(14-29-17)35-24-10-7-19(13-22(24)27)32-26-21-12-18(6-9-23(21)30-16-31-26)4-3-11-28-25(33)15-34-2/h5-10,12-14,16H,11,15H2,1-2H3,(H,28,33)(H,30,31,32). The van der Waals surface area contributed by atoms with Crippen LogP contribution in [0.1, 0.15) is 11.3 Å². The molecule has 1 amide bonds. The summed E-state index contributed by atoms with van der Waals surface area (Å²) in [5.41, 5.74) is 3.17. The van der Waals surface area contributed by atoms with Crippen molar-refractivity contribution in [3.63, 3.8) is 0 Å². The van der Waals surface area contributed by atoms with Crippen LogP contribution in [0.25, 0.3) is 10.9 Å². The van der Waals surface area contributed by atoms with Crippen LogP contribution in [-0.4, -0.2) is 41.1 Å². The number of nitrogens with zero attached hydrogens (tertiary/aromatic N) is 3. The minimum Gasteiger partial charge on any atom is -0.454 e. The van der Waals surface area contributed by atoms with Gasteiger partial charge in [0.2, 0.25) is 5.91 Å². The second-order valence-corrected chi connectivity index (χ2v) is 7.88. The van der Waals surface area contributed by atoms with E-state index >= 15 is 0 Å². The first-order valence-electron chi connectivity index (χ1n) is 10.7. The van der Waals surface area contributed by atoms with Crippen molar-refractivity contribution in [2.24, 2.45) is 0 Å². The molecule has 0 atom stereocenters. The van der Waals surface area contributed by atoms with Crippen LogP contribution in [0.5, 0.6) is 11.5 Å². The fraction of sp³-hybridized carbons (Fsp3) is 0.154. The Hall–Kier alpha value is -4.19. The van der Waals surface area contributed by atoms with Crippen molar-refractivity contribution in [3.8, 4) is 23.3 Å². The number of methoxy groups -OCH3 is 1. The zero-order valence-corrected chi connectivity index (χ0v) is 19.9. The Kier molecular flexibility index (Phi) is 7.73. The number of aryl methyl sites for hydroxylation is 1. The summed E-state index contributed by atoms with van der Waals surface area (Å²) in [6.45, 7) is 2.14. The molecule has 0 saturated heterocycles. The van der Waals surface area contributed by atoms with Gasteiger partial charge in [-0.1, -0.05) is 23.4 Å². The maximum atomic E-state index is 11.4. The summed E-state index contributed by atoms with van der Waals surface area (Å²) in [5.74, 6) is 7.48. The molecule has 0 radical (unpaired) electrons. The second-order valence-electron chi connectivity index (χ2n) is 7.47.